The average Bonchev–Trinajstić information content (AvgIpc) is 2.90. The van der Waals surface area contributed by atoms with Crippen molar-refractivity contribution in [3.63, 3.8) is 0 Å². The van der Waals surface area contributed by atoms with Gasteiger partial charge in [-0.3, -0.25) is 9.59 Å². The molecule has 0 aliphatic carbocycles. The third kappa shape index (κ3) is 5.57. The minimum atomic E-state index is -0.0793. The van der Waals surface area contributed by atoms with Crippen LogP contribution in [0.25, 0.3) is 10.8 Å². The van der Waals surface area contributed by atoms with Crippen molar-refractivity contribution in [2.75, 3.05) is 24.7 Å². The summed E-state index contributed by atoms with van der Waals surface area (Å²) in [5.74, 6) is 1.06. The smallest absolute Gasteiger partial charge is 0.193 e. The van der Waals surface area contributed by atoms with Gasteiger partial charge in [-0.2, -0.15) is 0 Å². The molecule has 0 saturated carbocycles. The number of hydrogen-bond donors (Lipinski definition) is 2. The molecule has 0 heterocycles. The van der Waals surface area contributed by atoms with E-state index in [0.717, 1.165) is 31.7 Å². The quantitative estimate of drug-likeness (QED) is 0.196. The summed E-state index contributed by atoms with van der Waals surface area (Å²) < 4.78 is 0. The molecule has 0 unspecified atom stereocenters. The zero-order valence-electron chi connectivity index (χ0n) is 20.3. The first kappa shape index (κ1) is 26.2. The van der Waals surface area contributed by atoms with Crippen LogP contribution in [0.1, 0.15) is 43.0 Å². The molecule has 6 heteroatoms. The Morgan fingerprint density at radius 2 is 0.944 bits per heavy atom. The van der Waals surface area contributed by atoms with E-state index in [-0.39, 0.29) is 24.8 Å². The Morgan fingerprint density at radius 1 is 0.583 bits per heavy atom. The number of fused-ring (bicyclic) bond motifs is 1. The van der Waals surface area contributed by atoms with Crippen molar-refractivity contribution in [3.8, 4) is 0 Å². The highest BCUT2D eigenvalue weighted by atomic mass is 32.2. The summed E-state index contributed by atoms with van der Waals surface area (Å²) >= 11 is 3.08. The summed E-state index contributed by atoms with van der Waals surface area (Å²) in [7, 11) is 0. The molecule has 4 aromatic rings. The molecule has 0 bridgehead atoms. The Kier molecular flexibility index (Phi) is 8.64. The van der Waals surface area contributed by atoms with E-state index >= 15 is 0 Å². The lowest BCUT2D eigenvalue weighted by molar-refractivity contribution is 0.103. The van der Waals surface area contributed by atoms with Gasteiger partial charge in [0, 0.05) is 43.6 Å². The lowest BCUT2D eigenvalue weighted by atomic mass is 9.87. The number of aliphatic hydroxyl groups is 2. The van der Waals surface area contributed by atoms with E-state index in [2.05, 4.69) is 0 Å². The zero-order chi connectivity index (χ0) is 25.7. The third-order valence-electron chi connectivity index (χ3n) is 6.02. The van der Waals surface area contributed by atoms with Gasteiger partial charge in [-0.25, -0.2) is 0 Å². The summed E-state index contributed by atoms with van der Waals surface area (Å²) in [5, 5.41) is 19.6. The number of carbonyl (C=O) groups excluding carboxylic acids is 2. The highest BCUT2D eigenvalue weighted by molar-refractivity contribution is 7.99. The second kappa shape index (κ2) is 11.9. The van der Waals surface area contributed by atoms with Gasteiger partial charge in [0.15, 0.2) is 11.6 Å². The molecule has 4 nitrogen and oxygen atoms in total. The first-order valence-corrected chi connectivity index (χ1v) is 13.7. The predicted octanol–water partition coefficient (Wildman–Crippen LogP) is 6.09. The van der Waals surface area contributed by atoms with E-state index in [9.17, 15) is 9.59 Å². The highest BCUT2D eigenvalue weighted by Crippen LogP contribution is 2.31. The van der Waals surface area contributed by atoms with Gasteiger partial charge >= 0.3 is 0 Å². The molecule has 0 aliphatic heterocycles. The number of aliphatic hydroxyl groups excluding tert-OH is 2. The summed E-state index contributed by atoms with van der Waals surface area (Å²) in [4.78, 5) is 29.2. The second-order valence-electron chi connectivity index (χ2n) is 8.46. The van der Waals surface area contributed by atoms with Crippen molar-refractivity contribution in [2.45, 2.75) is 23.6 Å². The second-order valence-corrected chi connectivity index (χ2v) is 10.8. The Labute approximate surface area is 219 Å². The lowest BCUT2D eigenvalue weighted by Gasteiger charge is -2.15. The van der Waals surface area contributed by atoms with Crippen molar-refractivity contribution in [1.29, 1.82) is 0 Å². The van der Waals surface area contributed by atoms with Crippen LogP contribution in [0.5, 0.6) is 0 Å². The van der Waals surface area contributed by atoms with E-state index < -0.39 is 0 Å². The van der Waals surface area contributed by atoms with Gasteiger partial charge in [0.1, 0.15) is 0 Å². The minimum Gasteiger partial charge on any atom is -0.396 e. The van der Waals surface area contributed by atoms with Gasteiger partial charge in [0.2, 0.25) is 0 Å². The maximum atomic E-state index is 13.6. The van der Waals surface area contributed by atoms with E-state index in [4.69, 9.17) is 10.2 Å². The molecule has 0 aliphatic rings. The molecular formula is C30H28O4S2. The maximum Gasteiger partial charge on any atom is 0.193 e. The molecule has 4 aromatic carbocycles. The van der Waals surface area contributed by atoms with Crippen molar-refractivity contribution < 1.29 is 19.8 Å². The van der Waals surface area contributed by atoms with Gasteiger partial charge in [-0.1, -0.05) is 24.3 Å². The molecule has 0 amide bonds. The topological polar surface area (TPSA) is 74.6 Å². The fourth-order valence-corrected chi connectivity index (χ4v) is 5.56. The molecule has 4 rings (SSSR count). The van der Waals surface area contributed by atoms with Crippen molar-refractivity contribution in [1.82, 2.24) is 0 Å². The van der Waals surface area contributed by atoms with Crippen LogP contribution >= 0.6 is 23.5 Å². The third-order valence-corrected chi connectivity index (χ3v) is 8.01. The maximum absolute atomic E-state index is 13.6. The molecule has 0 saturated heterocycles. The fourth-order valence-electron chi connectivity index (χ4n) is 4.25. The number of ketones is 2. The predicted molar refractivity (Wildman–Crippen MR) is 149 cm³/mol. The SMILES string of the molecule is Cc1ccc2c(C(=O)c3ccc(SCCO)cc3)c(C)ccc2c1C(=O)c1ccc(SCCO)cc1. The number of benzene rings is 4. The Bertz CT molecular complexity index is 1280. The number of hydrogen-bond acceptors (Lipinski definition) is 6. The van der Waals surface area contributed by atoms with Crippen molar-refractivity contribution in [2.24, 2.45) is 0 Å². The summed E-state index contributed by atoms with van der Waals surface area (Å²) in [6.07, 6.45) is 0. The number of thioether (sulfide) groups is 2. The average molecular weight is 517 g/mol. The van der Waals surface area contributed by atoms with Crippen molar-refractivity contribution in [3.05, 3.63) is 106 Å². The zero-order valence-corrected chi connectivity index (χ0v) is 21.9. The van der Waals surface area contributed by atoms with E-state index in [0.29, 0.717) is 33.8 Å². The monoisotopic (exact) mass is 516 g/mol. The number of rotatable bonds is 10. The van der Waals surface area contributed by atoms with Gasteiger partial charge in [-0.05, 0) is 84.3 Å². The van der Waals surface area contributed by atoms with Crippen LogP contribution in [-0.2, 0) is 0 Å². The highest BCUT2D eigenvalue weighted by Gasteiger charge is 2.21. The van der Waals surface area contributed by atoms with Crippen LogP contribution in [0.3, 0.4) is 0 Å². The van der Waals surface area contributed by atoms with E-state index in [1.54, 1.807) is 23.5 Å². The molecule has 0 radical (unpaired) electrons. The van der Waals surface area contributed by atoms with Crippen LogP contribution in [0.2, 0.25) is 0 Å². The normalized spacial score (nSPS) is 11.1. The standard InChI is InChI=1S/C30H28O4S2/c1-19-3-13-26-25(27(19)29(33)21-5-9-23(10-6-21)35-17-15-31)14-4-20(2)28(26)30(34)22-7-11-24(12-8-22)36-18-16-32/h3-14,31-32H,15-18H2,1-2H3. The molecule has 36 heavy (non-hydrogen) atoms. The van der Waals surface area contributed by atoms with Gasteiger partial charge in [0.05, 0.1) is 13.2 Å². The Balaban J connectivity index is 1.74. The number of carbonyl (C=O) groups is 2. The molecule has 2 N–H and O–H groups in total. The van der Waals surface area contributed by atoms with Crippen LogP contribution in [0, 0.1) is 13.8 Å². The molecular weight excluding hydrogens is 488 g/mol. The first-order valence-electron chi connectivity index (χ1n) is 11.7. The van der Waals surface area contributed by atoms with E-state index in [1.807, 2.05) is 86.6 Å². The van der Waals surface area contributed by atoms with Gasteiger partial charge in [-0.15, -0.1) is 23.5 Å². The molecule has 0 spiro atoms. The lowest BCUT2D eigenvalue weighted by Crippen LogP contribution is -2.09. The summed E-state index contributed by atoms with van der Waals surface area (Å²) in [5.41, 5.74) is 4.10. The van der Waals surface area contributed by atoms with Crippen LogP contribution in [0.4, 0.5) is 0 Å². The minimum absolute atomic E-state index is 0.0793. The van der Waals surface area contributed by atoms with Gasteiger partial charge < -0.3 is 10.2 Å². The van der Waals surface area contributed by atoms with Crippen LogP contribution < -0.4 is 0 Å². The van der Waals surface area contributed by atoms with Crippen molar-refractivity contribution >= 4 is 45.9 Å². The Morgan fingerprint density at radius 3 is 1.28 bits per heavy atom. The number of aryl methyl sites for hydroxylation is 2. The molecule has 0 fully saturated rings. The molecule has 0 atom stereocenters. The van der Waals surface area contributed by atoms with Crippen LogP contribution in [0.15, 0.2) is 82.6 Å². The Hall–Kier alpha value is -2.90. The van der Waals surface area contributed by atoms with E-state index in [1.165, 1.54) is 0 Å². The molecule has 184 valence electrons. The molecule has 0 aromatic heterocycles. The van der Waals surface area contributed by atoms with Crippen LogP contribution in [-0.4, -0.2) is 46.5 Å². The summed E-state index contributed by atoms with van der Waals surface area (Å²) in [6.45, 7) is 4.05. The van der Waals surface area contributed by atoms with Gasteiger partial charge in [0.25, 0.3) is 0 Å². The fraction of sp³-hybridized carbons (Fsp3) is 0.200. The summed E-state index contributed by atoms with van der Waals surface area (Å²) in [6, 6.07) is 22.5. The first-order chi connectivity index (χ1) is 17.4. The largest absolute Gasteiger partial charge is 0.396 e.